The Balaban J connectivity index is 1.42. The summed E-state index contributed by atoms with van der Waals surface area (Å²) < 4.78 is 32.5. The number of hydrogen-bond donors (Lipinski definition) is 0. The molecule has 0 N–H and O–H groups in total. The van der Waals surface area contributed by atoms with Gasteiger partial charge in [-0.05, 0) is 53.1 Å². The Morgan fingerprint density at radius 3 is 1.62 bits per heavy atom. The predicted molar refractivity (Wildman–Crippen MR) is 159 cm³/mol. The van der Waals surface area contributed by atoms with E-state index >= 15 is 0 Å². The number of amides is 2. The minimum Gasteiger partial charge on any atom is -0.493 e. The van der Waals surface area contributed by atoms with Crippen molar-refractivity contribution in [2.75, 3.05) is 68.8 Å². The normalized spacial score (nSPS) is 13.1. The molecule has 3 aromatic carbocycles. The molecule has 2 amide bonds. The fraction of sp³-hybridized carbons (Fsp3) is 0.312. The molecular formula is C32H36N2O8. The molecule has 1 saturated heterocycles. The van der Waals surface area contributed by atoms with Crippen LogP contribution in [0, 0.1) is 0 Å². The summed E-state index contributed by atoms with van der Waals surface area (Å²) in [5.74, 6) is 2.61. The first-order valence-corrected chi connectivity index (χ1v) is 13.3. The fourth-order valence-corrected chi connectivity index (χ4v) is 4.86. The number of ether oxygens (including phenoxy) is 6. The van der Waals surface area contributed by atoms with Crippen LogP contribution < -0.4 is 28.4 Å². The third-order valence-electron chi connectivity index (χ3n) is 7.09. The molecule has 222 valence electrons. The molecule has 1 fully saturated rings. The van der Waals surface area contributed by atoms with E-state index in [0.29, 0.717) is 66.2 Å². The lowest BCUT2D eigenvalue weighted by Gasteiger charge is -2.34. The van der Waals surface area contributed by atoms with Crippen LogP contribution in [0.15, 0.2) is 54.6 Å². The molecule has 42 heavy (non-hydrogen) atoms. The van der Waals surface area contributed by atoms with Crippen molar-refractivity contribution in [3.63, 3.8) is 0 Å². The van der Waals surface area contributed by atoms with Gasteiger partial charge >= 0.3 is 0 Å². The van der Waals surface area contributed by atoms with Crippen molar-refractivity contribution in [2.24, 2.45) is 0 Å². The van der Waals surface area contributed by atoms with Crippen LogP contribution >= 0.6 is 0 Å². The van der Waals surface area contributed by atoms with Crippen LogP contribution in [0.1, 0.15) is 15.9 Å². The molecule has 0 radical (unpaired) electrons. The SMILES string of the molecule is COc1cc(C(=O)N2CCN(C(=O)C=Cc3cccc(-c4cc(OC)c(OC)c(OC)c4)c3)CC2)cc(OC)c1OC. The van der Waals surface area contributed by atoms with Crippen molar-refractivity contribution in [3.05, 3.63) is 65.7 Å². The van der Waals surface area contributed by atoms with Crippen molar-refractivity contribution in [2.45, 2.75) is 0 Å². The molecule has 0 bridgehead atoms. The lowest BCUT2D eigenvalue weighted by Crippen LogP contribution is -2.50. The van der Waals surface area contributed by atoms with E-state index in [2.05, 4.69) is 0 Å². The van der Waals surface area contributed by atoms with Gasteiger partial charge < -0.3 is 38.2 Å². The van der Waals surface area contributed by atoms with Crippen LogP contribution in [0.5, 0.6) is 34.5 Å². The molecule has 0 saturated carbocycles. The number of rotatable bonds is 10. The van der Waals surface area contributed by atoms with Crippen LogP contribution in [0.3, 0.4) is 0 Å². The second-order valence-electron chi connectivity index (χ2n) is 9.40. The number of piperazine rings is 1. The third kappa shape index (κ3) is 6.38. The third-order valence-corrected chi connectivity index (χ3v) is 7.09. The fourth-order valence-electron chi connectivity index (χ4n) is 4.86. The Kier molecular flexibility index (Phi) is 9.80. The maximum Gasteiger partial charge on any atom is 0.254 e. The van der Waals surface area contributed by atoms with Gasteiger partial charge in [0, 0.05) is 37.8 Å². The Morgan fingerprint density at radius 1 is 0.619 bits per heavy atom. The first kappa shape index (κ1) is 30.1. The quantitative estimate of drug-likeness (QED) is 0.328. The molecule has 3 aromatic rings. The predicted octanol–water partition coefficient (Wildman–Crippen LogP) is 4.40. The van der Waals surface area contributed by atoms with Gasteiger partial charge in [-0.3, -0.25) is 9.59 Å². The van der Waals surface area contributed by atoms with Crippen molar-refractivity contribution in [1.29, 1.82) is 0 Å². The van der Waals surface area contributed by atoms with Crippen molar-refractivity contribution >= 4 is 17.9 Å². The first-order valence-electron chi connectivity index (χ1n) is 13.3. The standard InChI is InChI=1S/C32H36N2O8/c1-37-25-17-23(18-26(38-2)30(25)41-5)22-9-7-8-21(16-22)10-11-29(35)33-12-14-34(15-13-33)32(36)24-19-27(39-3)31(42-6)28(20-24)40-4/h7-11,16-20H,12-15H2,1-6H3. The highest BCUT2D eigenvalue weighted by Crippen LogP contribution is 2.41. The van der Waals surface area contributed by atoms with Gasteiger partial charge in [-0.1, -0.05) is 18.2 Å². The van der Waals surface area contributed by atoms with Gasteiger partial charge in [-0.25, -0.2) is 0 Å². The molecule has 4 rings (SSSR count). The van der Waals surface area contributed by atoms with E-state index in [1.54, 1.807) is 55.4 Å². The number of benzene rings is 3. The summed E-state index contributed by atoms with van der Waals surface area (Å²) >= 11 is 0. The zero-order valence-electron chi connectivity index (χ0n) is 24.8. The molecule has 0 unspecified atom stereocenters. The van der Waals surface area contributed by atoms with E-state index in [4.69, 9.17) is 28.4 Å². The first-order chi connectivity index (χ1) is 20.4. The molecule has 0 aromatic heterocycles. The Hall–Kier alpha value is -4.86. The zero-order chi connectivity index (χ0) is 30.2. The maximum atomic E-state index is 13.2. The van der Waals surface area contributed by atoms with E-state index in [1.807, 2.05) is 36.4 Å². The summed E-state index contributed by atoms with van der Waals surface area (Å²) in [7, 11) is 9.25. The van der Waals surface area contributed by atoms with Crippen molar-refractivity contribution < 1.29 is 38.0 Å². The molecule has 1 aliphatic rings. The number of carbonyl (C=O) groups excluding carboxylic acids is 2. The maximum absolute atomic E-state index is 13.2. The summed E-state index contributed by atoms with van der Waals surface area (Å²) in [5, 5.41) is 0. The lowest BCUT2D eigenvalue weighted by molar-refractivity contribution is -0.127. The average Bonchev–Trinajstić information content (AvgIpc) is 3.05. The minimum atomic E-state index is -0.166. The van der Waals surface area contributed by atoms with Gasteiger partial charge in [-0.2, -0.15) is 0 Å². The highest BCUT2D eigenvalue weighted by atomic mass is 16.5. The molecule has 1 heterocycles. The molecule has 10 heteroatoms. The van der Waals surface area contributed by atoms with Gasteiger partial charge in [-0.15, -0.1) is 0 Å². The van der Waals surface area contributed by atoms with Crippen molar-refractivity contribution in [1.82, 2.24) is 9.80 Å². The highest BCUT2D eigenvalue weighted by Gasteiger charge is 2.26. The summed E-state index contributed by atoms with van der Waals surface area (Å²) in [6.07, 6.45) is 3.35. The van der Waals surface area contributed by atoms with Crippen LogP contribution in [-0.2, 0) is 4.79 Å². The van der Waals surface area contributed by atoms with Gasteiger partial charge in [0.05, 0.1) is 42.7 Å². The average molecular weight is 577 g/mol. The monoisotopic (exact) mass is 576 g/mol. The Labute approximate surface area is 245 Å². The van der Waals surface area contributed by atoms with Gasteiger partial charge in [0.15, 0.2) is 23.0 Å². The Morgan fingerprint density at radius 2 is 1.12 bits per heavy atom. The van der Waals surface area contributed by atoms with E-state index in [-0.39, 0.29) is 11.8 Å². The number of carbonyl (C=O) groups is 2. The number of nitrogens with zero attached hydrogens (tertiary/aromatic N) is 2. The molecule has 0 spiro atoms. The van der Waals surface area contributed by atoms with Gasteiger partial charge in [0.25, 0.3) is 5.91 Å². The smallest absolute Gasteiger partial charge is 0.254 e. The Bertz CT molecular complexity index is 1410. The van der Waals surface area contributed by atoms with Crippen LogP contribution in [0.4, 0.5) is 0 Å². The second kappa shape index (κ2) is 13.7. The van der Waals surface area contributed by atoms with E-state index in [0.717, 1.165) is 16.7 Å². The summed E-state index contributed by atoms with van der Waals surface area (Å²) in [6.45, 7) is 1.66. The summed E-state index contributed by atoms with van der Waals surface area (Å²) in [4.78, 5) is 29.7. The molecule has 1 aliphatic heterocycles. The zero-order valence-corrected chi connectivity index (χ0v) is 24.8. The molecular weight excluding hydrogens is 540 g/mol. The lowest BCUT2D eigenvalue weighted by atomic mass is 10.0. The highest BCUT2D eigenvalue weighted by molar-refractivity contribution is 5.96. The number of methoxy groups -OCH3 is 6. The molecule has 10 nitrogen and oxygen atoms in total. The summed E-state index contributed by atoms with van der Waals surface area (Å²) in [5.41, 5.74) is 3.11. The summed E-state index contributed by atoms with van der Waals surface area (Å²) in [6, 6.07) is 14.9. The molecule has 0 atom stereocenters. The molecule has 0 aliphatic carbocycles. The van der Waals surface area contributed by atoms with Crippen LogP contribution in [0.25, 0.3) is 17.2 Å². The van der Waals surface area contributed by atoms with E-state index in [1.165, 1.54) is 21.3 Å². The van der Waals surface area contributed by atoms with Gasteiger partial charge in [0.1, 0.15) is 0 Å². The van der Waals surface area contributed by atoms with Gasteiger partial charge in [0.2, 0.25) is 17.4 Å². The van der Waals surface area contributed by atoms with E-state index in [9.17, 15) is 9.59 Å². The van der Waals surface area contributed by atoms with E-state index < -0.39 is 0 Å². The topological polar surface area (TPSA) is 96.0 Å². The number of hydrogen-bond acceptors (Lipinski definition) is 8. The largest absolute Gasteiger partial charge is 0.493 e. The van der Waals surface area contributed by atoms with Crippen LogP contribution in [-0.4, -0.2) is 90.5 Å². The second-order valence-corrected chi connectivity index (χ2v) is 9.40. The van der Waals surface area contributed by atoms with Crippen molar-refractivity contribution in [3.8, 4) is 45.6 Å². The van der Waals surface area contributed by atoms with Crippen LogP contribution in [0.2, 0.25) is 0 Å². The minimum absolute atomic E-state index is 0.118.